The van der Waals surface area contributed by atoms with Gasteiger partial charge in [-0.3, -0.25) is 4.79 Å². The minimum Gasteiger partial charge on any atom is -0.480 e. The predicted octanol–water partition coefficient (Wildman–Crippen LogP) is 2.41. The van der Waals surface area contributed by atoms with E-state index in [1.807, 2.05) is 44.2 Å². The molecule has 0 aliphatic carbocycles. The first-order valence-corrected chi connectivity index (χ1v) is 7.54. The van der Waals surface area contributed by atoms with Crippen molar-refractivity contribution in [2.24, 2.45) is 5.92 Å². The maximum atomic E-state index is 12.4. The summed E-state index contributed by atoms with van der Waals surface area (Å²) in [6, 6.07) is 8.56. The highest BCUT2D eigenvalue weighted by atomic mass is 16.4. The molecule has 1 aromatic heterocycles. The molecule has 23 heavy (non-hydrogen) atoms. The van der Waals surface area contributed by atoms with Crippen LogP contribution in [0.1, 0.15) is 36.3 Å². The van der Waals surface area contributed by atoms with Gasteiger partial charge in [0.05, 0.1) is 23.1 Å². The van der Waals surface area contributed by atoms with E-state index in [1.165, 1.54) is 6.20 Å². The molecule has 122 valence electrons. The van der Waals surface area contributed by atoms with E-state index in [0.717, 1.165) is 5.69 Å². The molecule has 0 saturated carbocycles. The smallest absolute Gasteiger partial charge is 0.326 e. The Hall–Kier alpha value is -2.63. The van der Waals surface area contributed by atoms with Crippen molar-refractivity contribution < 1.29 is 14.7 Å². The van der Waals surface area contributed by atoms with Crippen molar-refractivity contribution in [3.05, 3.63) is 47.8 Å². The minimum absolute atomic E-state index is 0.171. The molecule has 2 rings (SSSR count). The zero-order valence-electron chi connectivity index (χ0n) is 13.5. The van der Waals surface area contributed by atoms with Crippen molar-refractivity contribution in [3.8, 4) is 5.69 Å². The Morgan fingerprint density at radius 1 is 1.26 bits per heavy atom. The first-order chi connectivity index (χ1) is 10.9. The average Bonchev–Trinajstić information content (AvgIpc) is 2.88. The largest absolute Gasteiger partial charge is 0.480 e. The minimum atomic E-state index is -1.03. The van der Waals surface area contributed by atoms with Crippen LogP contribution in [-0.4, -0.2) is 32.8 Å². The molecule has 0 bridgehead atoms. The number of aromatic nitrogens is 2. The number of nitrogens with one attached hydrogen (secondary N) is 1. The molecule has 2 N–H and O–H groups in total. The van der Waals surface area contributed by atoms with Gasteiger partial charge in [0.1, 0.15) is 6.04 Å². The van der Waals surface area contributed by atoms with Gasteiger partial charge >= 0.3 is 5.97 Å². The van der Waals surface area contributed by atoms with E-state index in [0.29, 0.717) is 17.7 Å². The van der Waals surface area contributed by atoms with E-state index in [9.17, 15) is 14.7 Å². The Balaban J connectivity index is 2.20. The number of hydrogen-bond acceptors (Lipinski definition) is 3. The first-order valence-electron chi connectivity index (χ1n) is 7.54. The number of carbonyl (C=O) groups excluding carboxylic acids is 1. The molecule has 1 aromatic carbocycles. The van der Waals surface area contributed by atoms with Crippen LogP contribution in [0.2, 0.25) is 0 Å². The highest BCUT2D eigenvalue weighted by Gasteiger charge is 2.23. The van der Waals surface area contributed by atoms with E-state index < -0.39 is 17.9 Å². The van der Waals surface area contributed by atoms with Gasteiger partial charge in [0.2, 0.25) is 0 Å². The second-order valence-electron chi connectivity index (χ2n) is 5.88. The zero-order valence-corrected chi connectivity index (χ0v) is 13.5. The number of carbonyl (C=O) groups is 2. The van der Waals surface area contributed by atoms with Crippen molar-refractivity contribution >= 4 is 11.9 Å². The molecule has 0 fully saturated rings. The number of nitrogens with zero attached hydrogens (tertiary/aromatic N) is 2. The number of rotatable bonds is 6. The molecule has 0 aliphatic rings. The Morgan fingerprint density at radius 2 is 1.91 bits per heavy atom. The number of benzene rings is 1. The third kappa shape index (κ3) is 3.97. The highest BCUT2D eigenvalue weighted by Crippen LogP contribution is 2.14. The molecule has 1 amide bonds. The monoisotopic (exact) mass is 315 g/mol. The number of hydrogen-bond donors (Lipinski definition) is 2. The van der Waals surface area contributed by atoms with Crippen LogP contribution in [-0.2, 0) is 4.79 Å². The molecule has 0 spiro atoms. The maximum Gasteiger partial charge on any atom is 0.326 e. The van der Waals surface area contributed by atoms with Gasteiger partial charge in [-0.1, -0.05) is 32.0 Å². The molecule has 0 saturated heterocycles. The van der Waals surface area contributed by atoms with Crippen LogP contribution in [0, 0.1) is 12.8 Å². The first kappa shape index (κ1) is 16.7. The summed E-state index contributed by atoms with van der Waals surface area (Å²) in [6.45, 7) is 5.62. The summed E-state index contributed by atoms with van der Waals surface area (Å²) in [7, 11) is 0. The fraction of sp³-hybridized carbons (Fsp3) is 0.353. The molecule has 0 unspecified atom stereocenters. The van der Waals surface area contributed by atoms with Crippen LogP contribution < -0.4 is 5.32 Å². The van der Waals surface area contributed by atoms with E-state index in [2.05, 4.69) is 10.4 Å². The van der Waals surface area contributed by atoms with E-state index in [1.54, 1.807) is 11.6 Å². The standard InChI is InChI=1S/C17H21N3O3/c1-11(2)9-15(17(22)23)19-16(21)14-10-18-20(12(14)3)13-7-5-4-6-8-13/h4-8,10-11,15H,9H2,1-3H3,(H,19,21)(H,22,23)/t15-/m0/s1. The fourth-order valence-electron chi connectivity index (χ4n) is 2.39. The summed E-state index contributed by atoms with van der Waals surface area (Å²) in [4.78, 5) is 23.7. The van der Waals surface area contributed by atoms with Gasteiger partial charge in [-0.15, -0.1) is 0 Å². The summed E-state index contributed by atoms with van der Waals surface area (Å²) in [5.74, 6) is -1.28. The molecule has 6 heteroatoms. The average molecular weight is 315 g/mol. The summed E-state index contributed by atoms with van der Waals surface area (Å²) < 4.78 is 1.66. The quantitative estimate of drug-likeness (QED) is 0.857. The molecule has 1 heterocycles. The lowest BCUT2D eigenvalue weighted by atomic mass is 10.0. The molecular formula is C17H21N3O3. The van der Waals surface area contributed by atoms with Crippen LogP contribution in [0.5, 0.6) is 0 Å². The van der Waals surface area contributed by atoms with Crippen molar-refractivity contribution in [2.45, 2.75) is 33.2 Å². The Morgan fingerprint density at radius 3 is 2.48 bits per heavy atom. The van der Waals surface area contributed by atoms with Gasteiger partial charge in [-0.05, 0) is 31.4 Å². The van der Waals surface area contributed by atoms with Gasteiger partial charge in [0.15, 0.2) is 0 Å². The predicted molar refractivity (Wildman–Crippen MR) is 86.6 cm³/mol. The Bertz CT molecular complexity index is 692. The van der Waals surface area contributed by atoms with Crippen molar-refractivity contribution in [3.63, 3.8) is 0 Å². The third-order valence-electron chi connectivity index (χ3n) is 3.57. The number of aliphatic carboxylic acids is 1. The van der Waals surface area contributed by atoms with Crippen LogP contribution in [0.25, 0.3) is 5.69 Å². The Labute approximate surface area is 135 Å². The van der Waals surface area contributed by atoms with E-state index >= 15 is 0 Å². The second kappa shape index (κ2) is 7.09. The van der Waals surface area contributed by atoms with E-state index in [4.69, 9.17) is 0 Å². The summed E-state index contributed by atoms with van der Waals surface area (Å²) in [6.07, 6.45) is 1.85. The SMILES string of the molecule is Cc1c(C(=O)N[C@@H](CC(C)C)C(=O)O)cnn1-c1ccccc1. The van der Waals surface area contributed by atoms with Crippen LogP contribution >= 0.6 is 0 Å². The Kier molecular flexibility index (Phi) is 5.16. The maximum absolute atomic E-state index is 12.4. The van der Waals surface area contributed by atoms with Gasteiger partial charge in [0.25, 0.3) is 5.91 Å². The van der Waals surface area contributed by atoms with Crippen molar-refractivity contribution in [1.82, 2.24) is 15.1 Å². The topological polar surface area (TPSA) is 84.2 Å². The summed E-state index contributed by atoms with van der Waals surface area (Å²) in [5, 5.41) is 16.0. The molecule has 2 aromatic rings. The molecular weight excluding hydrogens is 294 g/mol. The molecule has 0 aliphatic heterocycles. The lowest BCUT2D eigenvalue weighted by molar-refractivity contribution is -0.139. The molecule has 0 radical (unpaired) electrons. The summed E-state index contributed by atoms with van der Waals surface area (Å²) in [5.41, 5.74) is 1.90. The lowest BCUT2D eigenvalue weighted by Crippen LogP contribution is -2.41. The second-order valence-corrected chi connectivity index (χ2v) is 5.88. The third-order valence-corrected chi connectivity index (χ3v) is 3.57. The normalized spacial score (nSPS) is 12.2. The van der Waals surface area contributed by atoms with Gasteiger partial charge in [-0.2, -0.15) is 5.10 Å². The van der Waals surface area contributed by atoms with Gasteiger partial charge in [-0.25, -0.2) is 9.48 Å². The number of amides is 1. The van der Waals surface area contributed by atoms with Gasteiger partial charge in [0, 0.05) is 0 Å². The molecule has 6 nitrogen and oxygen atoms in total. The lowest BCUT2D eigenvalue weighted by Gasteiger charge is -2.16. The van der Waals surface area contributed by atoms with Crippen LogP contribution in [0.15, 0.2) is 36.5 Å². The summed E-state index contributed by atoms with van der Waals surface area (Å²) >= 11 is 0. The van der Waals surface area contributed by atoms with E-state index in [-0.39, 0.29) is 5.92 Å². The van der Waals surface area contributed by atoms with Crippen molar-refractivity contribution in [1.29, 1.82) is 0 Å². The highest BCUT2D eigenvalue weighted by molar-refractivity contribution is 5.97. The van der Waals surface area contributed by atoms with Crippen molar-refractivity contribution in [2.75, 3.05) is 0 Å². The van der Waals surface area contributed by atoms with Crippen LogP contribution in [0.3, 0.4) is 0 Å². The number of carboxylic acids is 1. The number of para-hydroxylation sites is 1. The fourth-order valence-corrected chi connectivity index (χ4v) is 2.39. The zero-order chi connectivity index (χ0) is 17.0. The van der Waals surface area contributed by atoms with Crippen LogP contribution in [0.4, 0.5) is 0 Å². The number of carboxylic acid groups (broad SMARTS) is 1. The van der Waals surface area contributed by atoms with Gasteiger partial charge < -0.3 is 10.4 Å². The molecule has 1 atom stereocenters.